The summed E-state index contributed by atoms with van der Waals surface area (Å²) in [6.07, 6.45) is 0.485. The number of fused-ring (bicyclic) bond motifs is 2. The Morgan fingerprint density at radius 3 is 2.60 bits per heavy atom. The van der Waals surface area contributed by atoms with Crippen LogP contribution in [0, 0.1) is 18.8 Å². The van der Waals surface area contributed by atoms with Gasteiger partial charge in [0.25, 0.3) is 0 Å². The van der Waals surface area contributed by atoms with Crippen molar-refractivity contribution >= 4 is 33.7 Å². The van der Waals surface area contributed by atoms with Crippen molar-refractivity contribution in [3.8, 4) is 0 Å². The first-order valence-corrected chi connectivity index (χ1v) is 8.91. The highest BCUT2D eigenvalue weighted by Gasteiger charge is 2.16. The number of carbonyl (C=O) groups is 1. The molecule has 0 atom stereocenters. The maximum atomic E-state index is 12.2. The Labute approximate surface area is 148 Å². The van der Waals surface area contributed by atoms with Gasteiger partial charge in [-0.1, -0.05) is 39.8 Å². The van der Waals surface area contributed by atoms with Gasteiger partial charge >= 0.3 is 0 Å². The molecule has 0 aliphatic heterocycles. The van der Waals surface area contributed by atoms with Gasteiger partial charge in [0.2, 0.25) is 5.91 Å². The summed E-state index contributed by atoms with van der Waals surface area (Å²) < 4.78 is 1.91. The van der Waals surface area contributed by atoms with Gasteiger partial charge in [0.1, 0.15) is 0 Å². The molecule has 25 heavy (non-hydrogen) atoms. The summed E-state index contributed by atoms with van der Waals surface area (Å²) in [5.41, 5.74) is 2.96. The van der Waals surface area contributed by atoms with Crippen LogP contribution in [-0.4, -0.2) is 20.7 Å². The van der Waals surface area contributed by atoms with Crippen LogP contribution in [0.25, 0.3) is 21.9 Å². The molecular weight excluding hydrogens is 312 g/mol. The maximum absolute atomic E-state index is 12.2. The average molecular weight is 338 g/mol. The number of anilines is 1. The van der Waals surface area contributed by atoms with Crippen LogP contribution < -0.4 is 5.32 Å². The normalized spacial score (nSPS) is 11.8. The van der Waals surface area contributed by atoms with Crippen LogP contribution in [0.3, 0.4) is 0 Å². The van der Waals surface area contributed by atoms with E-state index in [-0.39, 0.29) is 5.91 Å². The van der Waals surface area contributed by atoms with Gasteiger partial charge in [-0.3, -0.25) is 4.79 Å². The molecule has 0 spiro atoms. The molecule has 3 rings (SSSR count). The summed E-state index contributed by atoms with van der Waals surface area (Å²) in [4.78, 5) is 17.1. The zero-order chi connectivity index (χ0) is 18.1. The molecule has 1 aromatic carbocycles. The summed E-state index contributed by atoms with van der Waals surface area (Å²) in [5.74, 6) is 1.36. The van der Waals surface area contributed by atoms with E-state index in [1.807, 2.05) is 18.5 Å². The summed E-state index contributed by atoms with van der Waals surface area (Å²) in [6.45, 7) is 11.2. The van der Waals surface area contributed by atoms with Crippen LogP contribution in [0.1, 0.15) is 39.7 Å². The molecule has 132 valence electrons. The van der Waals surface area contributed by atoms with Gasteiger partial charge in [0.15, 0.2) is 11.5 Å². The number of nitrogens with zero attached hydrogens (tertiary/aromatic N) is 3. The predicted molar refractivity (Wildman–Crippen MR) is 103 cm³/mol. The van der Waals surface area contributed by atoms with Gasteiger partial charge in [-0.25, -0.2) is 9.67 Å². The molecule has 0 fully saturated rings. The Morgan fingerprint density at radius 1 is 1.16 bits per heavy atom. The summed E-state index contributed by atoms with van der Waals surface area (Å²) in [5, 5.41) is 9.57. The second-order valence-corrected chi connectivity index (χ2v) is 7.63. The van der Waals surface area contributed by atoms with Crippen molar-refractivity contribution in [3.63, 3.8) is 0 Å². The van der Waals surface area contributed by atoms with Crippen molar-refractivity contribution < 1.29 is 4.79 Å². The second kappa shape index (κ2) is 6.82. The standard InChI is InChI=1S/C20H26N4O/c1-12(2)8-18(25)22-19-16-10-15-7-6-14(5)9-17(15)21-20(16)24(23-19)11-13(3)4/h6-7,9-10,12-13H,8,11H2,1-5H3,(H,22,23,25). The van der Waals surface area contributed by atoms with Gasteiger partial charge < -0.3 is 5.32 Å². The van der Waals surface area contributed by atoms with Crippen molar-refractivity contribution in [2.24, 2.45) is 11.8 Å². The van der Waals surface area contributed by atoms with Crippen LogP contribution >= 0.6 is 0 Å². The number of aryl methyl sites for hydroxylation is 1. The third-order valence-corrected chi connectivity index (χ3v) is 4.06. The van der Waals surface area contributed by atoms with E-state index in [1.165, 1.54) is 5.56 Å². The van der Waals surface area contributed by atoms with Crippen molar-refractivity contribution in [1.82, 2.24) is 14.8 Å². The molecule has 1 amide bonds. The fourth-order valence-corrected chi connectivity index (χ4v) is 2.98. The summed E-state index contributed by atoms with van der Waals surface area (Å²) in [6, 6.07) is 8.30. The van der Waals surface area contributed by atoms with Crippen molar-refractivity contribution in [3.05, 3.63) is 29.8 Å². The van der Waals surface area contributed by atoms with E-state index in [1.54, 1.807) is 0 Å². The fourth-order valence-electron chi connectivity index (χ4n) is 2.98. The van der Waals surface area contributed by atoms with Crippen LogP contribution in [0.2, 0.25) is 0 Å². The molecule has 2 aromatic heterocycles. The topological polar surface area (TPSA) is 59.8 Å². The van der Waals surface area contributed by atoms with Crippen molar-refractivity contribution in [2.45, 2.75) is 47.6 Å². The van der Waals surface area contributed by atoms with Crippen LogP contribution in [0.15, 0.2) is 24.3 Å². The van der Waals surface area contributed by atoms with E-state index >= 15 is 0 Å². The number of carbonyl (C=O) groups excluding carboxylic acids is 1. The Kier molecular flexibility index (Phi) is 4.75. The molecular formula is C20H26N4O. The van der Waals surface area contributed by atoms with E-state index < -0.39 is 0 Å². The highest BCUT2D eigenvalue weighted by molar-refractivity contribution is 6.02. The quantitative estimate of drug-likeness (QED) is 0.743. The van der Waals surface area contributed by atoms with Gasteiger partial charge in [-0.2, -0.15) is 5.10 Å². The number of benzene rings is 1. The third-order valence-electron chi connectivity index (χ3n) is 4.06. The number of nitrogens with one attached hydrogen (secondary N) is 1. The Hall–Kier alpha value is -2.43. The van der Waals surface area contributed by atoms with Crippen LogP contribution in [0.5, 0.6) is 0 Å². The molecule has 3 aromatic rings. The van der Waals surface area contributed by atoms with Gasteiger partial charge in [0, 0.05) is 18.4 Å². The second-order valence-electron chi connectivity index (χ2n) is 7.63. The van der Waals surface area contributed by atoms with Gasteiger partial charge in [0.05, 0.1) is 10.9 Å². The molecule has 1 N–H and O–H groups in total. The number of pyridine rings is 1. The molecule has 0 saturated carbocycles. The number of rotatable bonds is 5. The minimum atomic E-state index is -0.00454. The average Bonchev–Trinajstić information content (AvgIpc) is 2.80. The lowest BCUT2D eigenvalue weighted by atomic mass is 10.1. The third kappa shape index (κ3) is 3.81. The SMILES string of the molecule is Cc1ccc2cc3c(NC(=O)CC(C)C)nn(CC(C)C)c3nc2c1. The van der Waals surface area contributed by atoms with E-state index in [9.17, 15) is 4.79 Å². The van der Waals surface area contributed by atoms with E-state index in [2.05, 4.69) is 55.5 Å². The van der Waals surface area contributed by atoms with E-state index in [4.69, 9.17) is 4.98 Å². The zero-order valence-corrected chi connectivity index (χ0v) is 15.6. The number of amides is 1. The minimum Gasteiger partial charge on any atom is -0.309 e. The number of hydrogen-bond acceptors (Lipinski definition) is 3. The maximum Gasteiger partial charge on any atom is 0.225 e. The first-order chi connectivity index (χ1) is 11.8. The molecule has 2 heterocycles. The first kappa shape index (κ1) is 17.4. The van der Waals surface area contributed by atoms with Crippen LogP contribution in [-0.2, 0) is 11.3 Å². The molecule has 0 aliphatic rings. The molecule has 0 saturated heterocycles. The molecule has 5 heteroatoms. The largest absolute Gasteiger partial charge is 0.309 e. The highest BCUT2D eigenvalue weighted by Crippen LogP contribution is 2.27. The molecule has 5 nitrogen and oxygen atoms in total. The fraction of sp³-hybridized carbons (Fsp3) is 0.450. The predicted octanol–water partition coefficient (Wildman–Crippen LogP) is 4.53. The Bertz CT molecular complexity index is 924. The summed E-state index contributed by atoms with van der Waals surface area (Å²) >= 11 is 0. The lowest BCUT2D eigenvalue weighted by Gasteiger charge is -2.06. The monoisotopic (exact) mass is 338 g/mol. The highest BCUT2D eigenvalue weighted by atomic mass is 16.1. The zero-order valence-electron chi connectivity index (χ0n) is 15.6. The smallest absolute Gasteiger partial charge is 0.225 e. The first-order valence-electron chi connectivity index (χ1n) is 8.91. The van der Waals surface area contributed by atoms with Gasteiger partial charge in [-0.15, -0.1) is 0 Å². The Balaban J connectivity index is 2.12. The lowest BCUT2D eigenvalue weighted by molar-refractivity contribution is -0.116. The summed E-state index contributed by atoms with van der Waals surface area (Å²) in [7, 11) is 0. The van der Waals surface area contributed by atoms with E-state index in [0.717, 1.165) is 28.5 Å². The molecule has 0 aliphatic carbocycles. The number of aromatic nitrogens is 3. The van der Waals surface area contributed by atoms with Crippen LogP contribution in [0.4, 0.5) is 5.82 Å². The number of hydrogen-bond donors (Lipinski definition) is 1. The van der Waals surface area contributed by atoms with E-state index in [0.29, 0.717) is 24.1 Å². The van der Waals surface area contributed by atoms with Crippen molar-refractivity contribution in [1.29, 1.82) is 0 Å². The minimum absolute atomic E-state index is 0.00454. The Morgan fingerprint density at radius 2 is 1.92 bits per heavy atom. The molecule has 0 unspecified atom stereocenters. The lowest BCUT2D eigenvalue weighted by Crippen LogP contribution is -2.15. The van der Waals surface area contributed by atoms with Gasteiger partial charge in [-0.05, 0) is 36.5 Å². The molecule has 0 radical (unpaired) electrons. The van der Waals surface area contributed by atoms with Crippen molar-refractivity contribution in [2.75, 3.05) is 5.32 Å². The molecule has 0 bridgehead atoms.